The molecule has 0 aromatic heterocycles. The van der Waals surface area contributed by atoms with Crippen molar-refractivity contribution in [3.05, 3.63) is 34.9 Å². The highest BCUT2D eigenvalue weighted by atomic mass is 32.2. The van der Waals surface area contributed by atoms with Gasteiger partial charge >= 0.3 is 21.3 Å². The number of hydrogen-bond acceptors (Lipinski definition) is 7. The van der Waals surface area contributed by atoms with Crippen molar-refractivity contribution >= 4 is 27.9 Å². The van der Waals surface area contributed by atoms with E-state index in [1.165, 1.54) is 12.1 Å². The topological polar surface area (TPSA) is 107 Å². The van der Waals surface area contributed by atoms with Crippen molar-refractivity contribution in [2.24, 2.45) is 17.8 Å². The van der Waals surface area contributed by atoms with Crippen LogP contribution < -0.4 is 0 Å². The average Bonchev–Trinajstić information content (AvgIpc) is 3.33. The summed E-state index contributed by atoms with van der Waals surface area (Å²) in [4.78, 5) is 36.5. The van der Waals surface area contributed by atoms with Crippen LogP contribution in [0.15, 0.2) is 18.2 Å². The molecule has 3 unspecified atom stereocenters. The van der Waals surface area contributed by atoms with Crippen LogP contribution in [0, 0.1) is 24.7 Å². The highest BCUT2D eigenvalue weighted by molar-refractivity contribution is 7.88. The fourth-order valence-electron chi connectivity index (χ4n) is 4.67. The molecule has 2 fully saturated rings. The van der Waals surface area contributed by atoms with Crippen molar-refractivity contribution in [2.45, 2.75) is 44.3 Å². The van der Waals surface area contributed by atoms with Crippen LogP contribution in [0.4, 0.5) is 8.78 Å². The lowest BCUT2D eigenvalue weighted by molar-refractivity contribution is -0.166. The molecule has 1 heterocycles. The van der Waals surface area contributed by atoms with Gasteiger partial charge in [-0.05, 0) is 55.6 Å². The SMILES string of the molecule is Cc1ccc2c(c1)C(=O)N(OS(=O)(=O)C(F)(F)C(=O)OCC1CC3CCC1C3)C(=O)C2. The van der Waals surface area contributed by atoms with Crippen LogP contribution in [-0.2, 0) is 35.1 Å². The molecule has 2 aliphatic carbocycles. The van der Waals surface area contributed by atoms with Gasteiger partial charge in [0.1, 0.15) is 0 Å². The molecule has 0 radical (unpaired) electrons. The molecule has 1 aromatic carbocycles. The van der Waals surface area contributed by atoms with E-state index in [9.17, 15) is 31.6 Å². The molecule has 0 spiro atoms. The van der Waals surface area contributed by atoms with E-state index >= 15 is 0 Å². The molecule has 0 N–H and O–H groups in total. The van der Waals surface area contributed by atoms with Gasteiger partial charge in [-0.1, -0.05) is 24.1 Å². The largest absolute Gasteiger partial charge is 0.467 e. The third-order valence-corrected chi connectivity index (χ3v) is 7.43. The number of nitrogens with zero attached hydrogens (tertiary/aromatic N) is 1. The maximum atomic E-state index is 14.4. The Balaban J connectivity index is 1.46. The van der Waals surface area contributed by atoms with Crippen LogP contribution in [0.25, 0.3) is 0 Å². The number of amides is 2. The van der Waals surface area contributed by atoms with E-state index in [1.54, 1.807) is 13.0 Å². The molecular weight excluding hydrogens is 436 g/mol. The average molecular weight is 457 g/mol. The number of ether oxygens (including phenoxy) is 1. The summed E-state index contributed by atoms with van der Waals surface area (Å²) in [6, 6.07) is 4.54. The van der Waals surface area contributed by atoms with Gasteiger partial charge in [0.2, 0.25) is 0 Å². The molecule has 11 heteroatoms. The molecule has 8 nitrogen and oxygen atoms in total. The van der Waals surface area contributed by atoms with Crippen molar-refractivity contribution in [2.75, 3.05) is 6.61 Å². The zero-order valence-corrected chi connectivity index (χ0v) is 17.5. The summed E-state index contributed by atoms with van der Waals surface area (Å²) in [5.74, 6) is -3.94. The van der Waals surface area contributed by atoms with Gasteiger partial charge in [-0.15, -0.1) is 9.35 Å². The molecule has 168 valence electrons. The first-order valence-electron chi connectivity index (χ1n) is 9.95. The summed E-state index contributed by atoms with van der Waals surface area (Å²) in [5.41, 5.74) is 0.908. The fourth-order valence-corrected chi connectivity index (χ4v) is 5.37. The Kier molecular flexibility index (Phi) is 5.37. The minimum Gasteiger partial charge on any atom is -0.460 e. The van der Waals surface area contributed by atoms with Crippen molar-refractivity contribution in [3.63, 3.8) is 0 Å². The van der Waals surface area contributed by atoms with Gasteiger partial charge in [-0.2, -0.15) is 17.2 Å². The molecule has 31 heavy (non-hydrogen) atoms. The number of rotatable bonds is 6. The van der Waals surface area contributed by atoms with Gasteiger partial charge < -0.3 is 4.74 Å². The first-order valence-corrected chi connectivity index (χ1v) is 11.4. The standard InChI is InChI=1S/C20H21F2NO7S/c1-11-2-4-14-9-17(24)23(18(25)16(14)6-11)30-31(27,28)20(21,22)19(26)29-10-15-8-12-3-5-13(15)7-12/h2,4,6,12-13,15H,3,5,7-10H2,1H3. The number of aryl methyl sites for hydroxylation is 1. The first kappa shape index (κ1) is 21.8. The van der Waals surface area contributed by atoms with E-state index in [-0.39, 0.29) is 29.1 Å². The zero-order valence-electron chi connectivity index (χ0n) is 16.7. The molecule has 3 aliphatic rings. The summed E-state index contributed by atoms with van der Waals surface area (Å²) in [7, 11) is -6.02. The second-order valence-corrected chi connectivity index (χ2v) is 9.98. The highest BCUT2D eigenvalue weighted by Crippen LogP contribution is 2.48. The number of carbonyl (C=O) groups excluding carboxylic acids is 3. The zero-order chi connectivity index (χ0) is 22.6. The minimum atomic E-state index is -6.02. The smallest absolute Gasteiger partial charge is 0.460 e. The Morgan fingerprint density at radius 1 is 1.23 bits per heavy atom. The van der Waals surface area contributed by atoms with E-state index in [0.717, 1.165) is 25.7 Å². The van der Waals surface area contributed by atoms with E-state index in [1.807, 2.05) is 0 Å². The third kappa shape index (κ3) is 3.84. The van der Waals surface area contributed by atoms with Gasteiger partial charge in [-0.3, -0.25) is 9.59 Å². The fraction of sp³-hybridized carbons (Fsp3) is 0.550. The quantitative estimate of drug-likeness (QED) is 0.477. The molecule has 1 aromatic rings. The van der Waals surface area contributed by atoms with Crippen LogP contribution in [0.5, 0.6) is 0 Å². The molecule has 3 atom stereocenters. The van der Waals surface area contributed by atoms with Crippen molar-refractivity contribution in [1.29, 1.82) is 0 Å². The van der Waals surface area contributed by atoms with Crippen LogP contribution in [-0.4, -0.2) is 43.1 Å². The van der Waals surface area contributed by atoms with Gasteiger partial charge in [-0.25, -0.2) is 4.79 Å². The summed E-state index contributed by atoms with van der Waals surface area (Å²) in [6.45, 7) is 1.35. The van der Waals surface area contributed by atoms with E-state index < -0.39 is 39.6 Å². The highest BCUT2D eigenvalue weighted by Gasteiger charge is 2.58. The summed E-state index contributed by atoms with van der Waals surface area (Å²) in [5, 5.41) is -5.33. The predicted molar refractivity (Wildman–Crippen MR) is 101 cm³/mol. The first-order chi connectivity index (χ1) is 14.5. The third-order valence-electron chi connectivity index (χ3n) is 6.29. The Morgan fingerprint density at radius 3 is 2.61 bits per heavy atom. The molecule has 2 amide bonds. The van der Waals surface area contributed by atoms with Crippen LogP contribution >= 0.6 is 0 Å². The molecule has 2 bridgehead atoms. The molecule has 4 rings (SSSR count). The molecular formula is C20H21F2NO7S. The number of alkyl halides is 2. The summed E-state index contributed by atoms with van der Waals surface area (Å²) in [6.07, 6.45) is 3.29. The lowest BCUT2D eigenvalue weighted by Crippen LogP contribution is -2.49. The number of halogens is 2. The maximum absolute atomic E-state index is 14.4. The predicted octanol–water partition coefficient (Wildman–Crippen LogP) is 2.35. The van der Waals surface area contributed by atoms with Crippen LogP contribution in [0.3, 0.4) is 0 Å². The van der Waals surface area contributed by atoms with Gasteiger partial charge in [0, 0.05) is 5.56 Å². The maximum Gasteiger partial charge on any atom is 0.467 e. The van der Waals surface area contributed by atoms with Crippen LogP contribution in [0.1, 0.15) is 47.2 Å². The van der Waals surface area contributed by atoms with Gasteiger partial charge in [0.25, 0.3) is 11.8 Å². The Labute approximate surface area is 177 Å². The monoisotopic (exact) mass is 457 g/mol. The van der Waals surface area contributed by atoms with E-state index in [2.05, 4.69) is 9.02 Å². The number of hydrogen-bond donors (Lipinski definition) is 0. The molecule has 2 saturated carbocycles. The summed E-state index contributed by atoms with van der Waals surface area (Å²) >= 11 is 0. The number of hydroxylamine groups is 2. The number of esters is 1. The Hall–Kier alpha value is -2.40. The Morgan fingerprint density at radius 2 is 1.97 bits per heavy atom. The second-order valence-electron chi connectivity index (χ2n) is 8.41. The van der Waals surface area contributed by atoms with E-state index in [0.29, 0.717) is 17.0 Å². The Bertz CT molecular complexity index is 1060. The normalized spacial score (nSPS) is 25.6. The summed E-state index contributed by atoms with van der Waals surface area (Å²) < 4.78 is 61.8. The molecule has 0 saturated heterocycles. The van der Waals surface area contributed by atoms with Crippen LogP contribution in [0.2, 0.25) is 0 Å². The lowest BCUT2D eigenvalue weighted by Gasteiger charge is -2.26. The van der Waals surface area contributed by atoms with Gasteiger partial charge in [0.05, 0.1) is 13.0 Å². The molecule has 1 aliphatic heterocycles. The number of carbonyl (C=O) groups is 3. The number of benzene rings is 1. The lowest BCUT2D eigenvalue weighted by atomic mass is 9.90. The number of imide groups is 1. The van der Waals surface area contributed by atoms with Gasteiger partial charge in [0.15, 0.2) is 0 Å². The van der Waals surface area contributed by atoms with Crippen molar-refractivity contribution in [3.8, 4) is 0 Å². The second kappa shape index (κ2) is 7.63. The number of fused-ring (bicyclic) bond motifs is 3. The van der Waals surface area contributed by atoms with Crippen molar-refractivity contribution in [1.82, 2.24) is 5.06 Å². The minimum absolute atomic E-state index is 0.0445. The van der Waals surface area contributed by atoms with Crippen molar-refractivity contribution < 1.29 is 40.6 Å². The van der Waals surface area contributed by atoms with E-state index in [4.69, 9.17) is 0 Å².